The topological polar surface area (TPSA) is 103 Å². The van der Waals surface area contributed by atoms with Crippen LogP contribution < -0.4 is 16.0 Å². The van der Waals surface area contributed by atoms with Crippen LogP contribution >= 0.6 is 0 Å². The van der Waals surface area contributed by atoms with E-state index in [0.717, 1.165) is 24.3 Å². The Balaban J connectivity index is 1.91. The Bertz CT molecular complexity index is 874. The molecule has 1 fully saturated rings. The van der Waals surface area contributed by atoms with Crippen LogP contribution in [-0.4, -0.2) is 35.9 Å². The van der Waals surface area contributed by atoms with E-state index >= 15 is 0 Å². The number of aliphatic imine (C=N–C) groups is 1. The molecular weight excluding hydrogens is 326 g/mol. The maximum absolute atomic E-state index is 9.54. The van der Waals surface area contributed by atoms with Crippen LogP contribution in [0.4, 0.5) is 11.6 Å². The number of nitriles is 1. The molecule has 1 aliphatic rings. The van der Waals surface area contributed by atoms with Crippen molar-refractivity contribution in [1.82, 2.24) is 15.3 Å². The molecule has 0 amide bonds. The van der Waals surface area contributed by atoms with E-state index in [1.165, 1.54) is 12.8 Å². The third-order valence-corrected chi connectivity index (χ3v) is 4.15. The summed E-state index contributed by atoms with van der Waals surface area (Å²) in [6.45, 7) is 2.00. The summed E-state index contributed by atoms with van der Waals surface area (Å²) in [5.41, 5.74) is 9.01. The lowest BCUT2D eigenvalue weighted by Crippen LogP contribution is -2.18. The van der Waals surface area contributed by atoms with Crippen molar-refractivity contribution in [3.63, 3.8) is 0 Å². The van der Waals surface area contributed by atoms with Crippen molar-refractivity contribution in [2.75, 3.05) is 25.0 Å². The summed E-state index contributed by atoms with van der Waals surface area (Å²) < 4.78 is 0. The minimum atomic E-state index is 0.280. The van der Waals surface area contributed by atoms with Crippen molar-refractivity contribution in [2.45, 2.75) is 12.8 Å². The van der Waals surface area contributed by atoms with Gasteiger partial charge in [-0.15, -0.1) is 0 Å². The van der Waals surface area contributed by atoms with Gasteiger partial charge in [0.2, 0.25) is 0 Å². The van der Waals surface area contributed by atoms with E-state index in [2.05, 4.69) is 31.2 Å². The minimum absolute atomic E-state index is 0.280. The first-order valence-corrected chi connectivity index (χ1v) is 8.52. The van der Waals surface area contributed by atoms with Gasteiger partial charge in [-0.25, -0.2) is 9.97 Å². The summed E-state index contributed by atoms with van der Waals surface area (Å²) in [5.74, 6) is 0.585. The number of anilines is 1. The second-order valence-electron chi connectivity index (χ2n) is 5.94. The molecule has 1 aromatic heterocycles. The lowest BCUT2D eigenvalue weighted by Gasteiger charge is -2.19. The quantitative estimate of drug-likeness (QED) is 0.635. The smallest absolute Gasteiger partial charge is 0.251 e. The van der Waals surface area contributed by atoms with Crippen LogP contribution in [0.5, 0.6) is 0 Å². The molecule has 3 N–H and O–H groups in total. The molecule has 1 aromatic carbocycles. The van der Waals surface area contributed by atoms with Crippen molar-refractivity contribution in [1.29, 1.82) is 5.26 Å². The van der Waals surface area contributed by atoms with Gasteiger partial charge in [0.25, 0.3) is 5.95 Å². The summed E-state index contributed by atoms with van der Waals surface area (Å²) in [5, 5.41) is 12.4. The number of hydrogen-bond donors (Lipinski definition) is 2. The number of benzene rings is 1. The third kappa shape index (κ3) is 3.98. The number of nitrogens with two attached hydrogens (primary N) is 1. The Morgan fingerprint density at radius 3 is 2.88 bits per heavy atom. The van der Waals surface area contributed by atoms with Crippen LogP contribution in [0.25, 0.3) is 11.3 Å². The molecule has 0 unspecified atom stereocenters. The van der Waals surface area contributed by atoms with Crippen LogP contribution in [0.3, 0.4) is 0 Å². The standard InChI is InChI=1S/C19H21N7/c1-22-8-7-18(21)25-19-23-9-6-16(24-19)14-4-5-17(15(12-14)13-20)26-10-2-3-11-26/h4-9,12,22H,2-3,10-11H2,1H3,(H2,21,23,24,25)/b8-7-. The average molecular weight is 347 g/mol. The molecule has 0 bridgehead atoms. The second kappa shape index (κ2) is 8.12. The molecule has 0 atom stereocenters. The number of amidine groups is 1. The van der Waals surface area contributed by atoms with Gasteiger partial charge in [0.1, 0.15) is 11.9 Å². The zero-order valence-corrected chi connectivity index (χ0v) is 14.7. The van der Waals surface area contributed by atoms with Gasteiger partial charge >= 0.3 is 0 Å². The van der Waals surface area contributed by atoms with Gasteiger partial charge in [0, 0.05) is 31.9 Å². The Hall–Kier alpha value is -3.40. The predicted octanol–water partition coefficient (Wildman–Crippen LogP) is 2.34. The summed E-state index contributed by atoms with van der Waals surface area (Å²) >= 11 is 0. The highest BCUT2D eigenvalue weighted by molar-refractivity contribution is 5.92. The number of nitrogens with zero attached hydrogens (tertiary/aromatic N) is 5. The summed E-state index contributed by atoms with van der Waals surface area (Å²) in [4.78, 5) is 15.0. The molecule has 132 valence electrons. The molecule has 7 nitrogen and oxygen atoms in total. The summed E-state index contributed by atoms with van der Waals surface area (Å²) in [6.07, 6.45) is 7.29. The van der Waals surface area contributed by atoms with Crippen molar-refractivity contribution in [2.24, 2.45) is 10.7 Å². The van der Waals surface area contributed by atoms with Gasteiger partial charge in [0.15, 0.2) is 0 Å². The van der Waals surface area contributed by atoms with Gasteiger partial charge in [-0.3, -0.25) is 0 Å². The molecular formula is C19H21N7. The Labute approximate surface area is 152 Å². The first-order chi connectivity index (χ1) is 12.7. The maximum atomic E-state index is 9.54. The van der Waals surface area contributed by atoms with Gasteiger partial charge in [-0.05, 0) is 43.3 Å². The van der Waals surface area contributed by atoms with Crippen LogP contribution in [0.2, 0.25) is 0 Å². The Morgan fingerprint density at radius 2 is 2.15 bits per heavy atom. The fourth-order valence-electron chi connectivity index (χ4n) is 2.90. The Kier molecular flexibility index (Phi) is 5.44. The van der Waals surface area contributed by atoms with Crippen LogP contribution in [0.1, 0.15) is 18.4 Å². The van der Waals surface area contributed by atoms with E-state index < -0.39 is 0 Å². The highest BCUT2D eigenvalue weighted by atomic mass is 15.1. The molecule has 2 aromatic rings. The molecule has 1 aliphatic heterocycles. The lowest BCUT2D eigenvalue weighted by atomic mass is 10.1. The third-order valence-electron chi connectivity index (χ3n) is 4.15. The van der Waals surface area contributed by atoms with Gasteiger partial charge in [-0.1, -0.05) is 6.07 Å². The Morgan fingerprint density at radius 1 is 1.35 bits per heavy atom. The van der Waals surface area contributed by atoms with E-state index in [9.17, 15) is 5.26 Å². The molecule has 26 heavy (non-hydrogen) atoms. The first-order valence-electron chi connectivity index (χ1n) is 8.52. The number of nitrogens with one attached hydrogen (secondary N) is 1. The van der Waals surface area contributed by atoms with Gasteiger partial charge < -0.3 is 16.0 Å². The molecule has 0 saturated carbocycles. The van der Waals surface area contributed by atoms with E-state index in [0.29, 0.717) is 17.1 Å². The monoisotopic (exact) mass is 347 g/mol. The predicted molar refractivity (Wildman–Crippen MR) is 103 cm³/mol. The highest BCUT2D eigenvalue weighted by Crippen LogP contribution is 2.29. The SMILES string of the molecule is CN/C=C\C(N)=N/c1nccc(-c2ccc(N3CCCC3)c(C#N)c2)n1. The molecule has 1 saturated heterocycles. The molecule has 0 radical (unpaired) electrons. The molecule has 3 rings (SSSR count). The number of hydrogen-bond acceptors (Lipinski definition) is 6. The lowest BCUT2D eigenvalue weighted by molar-refractivity contribution is 0.949. The van der Waals surface area contributed by atoms with Crippen LogP contribution in [-0.2, 0) is 0 Å². The van der Waals surface area contributed by atoms with E-state index in [4.69, 9.17) is 5.73 Å². The number of rotatable bonds is 5. The maximum Gasteiger partial charge on any atom is 0.251 e. The van der Waals surface area contributed by atoms with Crippen molar-refractivity contribution >= 4 is 17.5 Å². The molecule has 0 aliphatic carbocycles. The zero-order chi connectivity index (χ0) is 18.4. The van der Waals surface area contributed by atoms with E-state index in [-0.39, 0.29) is 5.95 Å². The largest absolute Gasteiger partial charge is 0.394 e. The van der Waals surface area contributed by atoms with E-state index in [1.807, 2.05) is 18.2 Å². The fraction of sp³-hybridized carbons (Fsp3) is 0.263. The molecule has 7 heteroatoms. The zero-order valence-electron chi connectivity index (χ0n) is 14.7. The normalized spacial score (nSPS) is 14.6. The van der Waals surface area contributed by atoms with Crippen LogP contribution in [0, 0.1) is 11.3 Å². The minimum Gasteiger partial charge on any atom is -0.394 e. The van der Waals surface area contributed by atoms with Crippen molar-refractivity contribution in [3.8, 4) is 17.3 Å². The summed E-state index contributed by atoms with van der Waals surface area (Å²) in [7, 11) is 1.78. The summed E-state index contributed by atoms with van der Waals surface area (Å²) in [6, 6.07) is 9.94. The average Bonchev–Trinajstić information content (AvgIpc) is 3.20. The van der Waals surface area contributed by atoms with E-state index in [1.54, 1.807) is 31.6 Å². The first kappa shape index (κ1) is 17.4. The van der Waals surface area contributed by atoms with Gasteiger partial charge in [-0.2, -0.15) is 10.3 Å². The molecule has 0 spiro atoms. The van der Waals surface area contributed by atoms with Crippen molar-refractivity contribution in [3.05, 3.63) is 48.3 Å². The fourth-order valence-corrected chi connectivity index (χ4v) is 2.90. The van der Waals surface area contributed by atoms with Crippen molar-refractivity contribution < 1.29 is 0 Å². The number of aromatic nitrogens is 2. The van der Waals surface area contributed by atoms with Gasteiger partial charge in [0.05, 0.1) is 16.9 Å². The molecule has 2 heterocycles. The second-order valence-corrected chi connectivity index (χ2v) is 5.94. The highest BCUT2D eigenvalue weighted by Gasteiger charge is 2.16. The van der Waals surface area contributed by atoms with Crippen LogP contribution in [0.15, 0.2) is 47.7 Å².